The average Bonchev–Trinajstić information content (AvgIpc) is 2.60. The van der Waals surface area contributed by atoms with Crippen LogP contribution >= 0.6 is 11.6 Å². The maximum atomic E-state index is 12.6. The molecule has 24 heavy (non-hydrogen) atoms. The topological polar surface area (TPSA) is 58.6 Å². The van der Waals surface area contributed by atoms with E-state index in [0.29, 0.717) is 28.4 Å². The Kier molecular flexibility index (Phi) is 5.82. The van der Waals surface area contributed by atoms with E-state index in [2.05, 4.69) is 5.32 Å². The van der Waals surface area contributed by atoms with Gasteiger partial charge in [0.15, 0.2) is 0 Å². The predicted molar refractivity (Wildman–Crippen MR) is 93.6 cm³/mol. The van der Waals surface area contributed by atoms with Crippen LogP contribution in [0, 0.1) is 0 Å². The highest BCUT2D eigenvalue weighted by Gasteiger charge is 2.17. The van der Waals surface area contributed by atoms with Crippen LogP contribution in [0.15, 0.2) is 42.5 Å². The van der Waals surface area contributed by atoms with Crippen LogP contribution in [-0.2, 0) is 6.54 Å². The second-order valence-corrected chi connectivity index (χ2v) is 5.72. The van der Waals surface area contributed by atoms with Crippen LogP contribution in [0.25, 0.3) is 0 Å². The summed E-state index contributed by atoms with van der Waals surface area (Å²) >= 11 is 5.92. The van der Waals surface area contributed by atoms with Gasteiger partial charge in [0.1, 0.15) is 5.75 Å². The summed E-state index contributed by atoms with van der Waals surface area (Å²) < 4.78 is 5.23. The molecule has 0 fully saturated rings. The second kappa shape index (κ2) is 7.84. The van der Waals surface area contributed by atoms with E-state index in [1.165, 1.54) is 7.11 Å². The van der Waals surface area contributed by atoms with Crippen LogP contribution in [0.5, 0.6) is 5.75 Å². The maximum Gasteiger partial charge on any atom is 0.257 e. The minimum Gasteiger partial charge on any atom is -0.496 e. The lowest BCUT2D eigenvalue weighted by Crippen LogP contribution is -2.26. The molecule has 0 bridgehead atoms. The monoisotopic (exact) mass is 346 g/mol. The molecule has 126 valence electrons. The standard InChI is InChI=1S/C18H19ClN2O3/c1-20-17(22)13-6-4-12(5-7-13)11-21(2)18(23)15-9-8-14(19)10-16(15)24-3/h4-10H,11H2,1-3H3,(H,20,22). The molecule has 0 radical (unpaired) electrons. The van der Waals surface area contributed by atoms with E-state index in [1.54, 1.807) is 49.3 Å². The number of nitrogens with one attached hydrogen (secondary N) is 1. The molecule has 5 nitrogen and oxygen atoms in total. The molecule has 0 heterocycles. The van der Waals surface area contributed by atoms with Gasteiger partial charge in [-0.25, -0.2) is 0 Å². The largest absolute Gasteiger partial charge is 0.496 e. The molecular formula is C18H19ClN2O3. The van der Waals surface area contributed by atoms with Gasteiger partial charge in [-0.2, -0.15) is 0 Å². The zero-order valence-corrected chi connectivity index (χ0v) is 14.6. The molecule has 0 saturated heterocycles. The van der Waals surface area contributed by atoms with Gasteiger partial charge in [0.2, 0.25) is 0 Å². The van der Waals surface area contributed by atoms with Crippen molar-refractivity contribution in [3.05, 3.63) is 64.2 Å². The van der Waals surface area contributed by atoms with Gasteiger partial charge in [0.05, 0.1) is 12.7 Å². The SMILES string of the molecule is CNC(=O)c1ccc(CN(C)C(=O)c2ccc(Cl)cc2OC)cc1. The van der Waals surface area contributed by atoms with Crippen molar-refractivity contribution in [2.24, 2.45) is 0 Å². The van der Waals surface area contributed by atoms with Crippen molar-refractivity contribution in [2.75, 3.05) is 21.2 Å². The van der Waals surface area contributed by atoms with Crippen LogP contribution in [0.2, 0.25) is 5.02 Å². The smallest absolute Gasteiger partial charge is 0.257 e. The van der Waals surface area contributed by atoms with Gasteiger partial charge in [-0.15, -0.1) is 0 Å². The Morgan fingerprint density at radius 1 is 1.17 bits per heavy atom. The van der Waals surface area contributed by atoms with Crippen LogP contribution in [-0.4, -0.2) is 37.9 Å². The van der Waals surface area contributed by atoms with Gasteiger partial charge >= 0.3 is 0 Å². The van der Waals surface area contributed by atoms with Crippen molar-refractivity contribution in [1.82, 2.24) is 10.2 Å². The van der Waals surface area contributed by atoms with E-state index in [9.17, 15) is 9.59 Å². The molecule has 2 amide bonds. The van der Waals surface area contributed by atoms with Crippen molar-refractivity contribution in [3.8, 4) is 5.75 Å². The van der Waals surface area contributed by atoms with Gasteiger partial charge in [0, 0.05) is 31.2 Å². The fourth-order valence-electron chi connectivity index (χ4n) is 2.30. The van der Waals surface area contributed by atoms with Gasteiger partial charge in [-0.1, -0.05) is 23.7 Å². The number of carbonyl (C=O) groups excluding carboxylic acids is 2. The normalized spacial score (nSPS) is 10.2. The van der Waals surface area contributed by atoms with E-state index in [0.717, 1.165) is 5.56 Å². The Hall–Kier alpha value is -2.53. The summed E-state index contributed by atoms with van der Waals surface area (Å²) in [6, 6.07) is 12.0. The summed E-state index contributed by atoms with van der Waals surface area (Å²) in [5.41, 5.74) is 1.95. The number of methoxy groups -OCH3 is 1. The van der Waals surface area contributed by atoms with Gasteiger partial charge < -0.3 is 15.0 Å². The number of carbonyl (C=O) groups is 2. The first-order chi connectivity index (χ1) is 11.5. The molecule has 2 aromatic carbocycles. The van der Waals surface area contributed by atoms with E-state index in [1.807, 2.05) is 12.1 Å². The van der Waals surface area contributed by atoms with E-state index in [-0.39, 0.29) is 11.8 Å². The molecule has 1 N–H and O–H groups in total. The van der Waals surface area contributed by atoms with Gasteiger partial charge in [0.25, 0.3) is 11.8 Å². The van der Waals surface area contributed by atoms with E-state index < -0.39 is 0 Å². The molecule has 2 rings (SSSR count). The third-order valence-corrected chi connectivity index (χ3v) is 3.84. The molecule has 2 aromatic rings. The van der Waals surface area contributed by atoms with Gasteiger partial charge in [-0.3, -0.25) is 9.59 Å². The summed E-state index contributed by atoms with van der Waals surface area (Å²) in [5.74, 6) is 0.130. The number of rotatable bonds is 5. The quantitative estimate of drug-likeness (QED) is 0.905. The van der Waals surface area contributed by atoms with Gasteiger partial charge in [-0.05, 0) is 35.9 Å². The number of benzene rings is 2. The molecule has 6 heteroatoms. The summed E-state index contributed by atoms with van der Waals surface area (Å²) in [5, 5.41) is 3.08. The highest BCUT2D eigenvalue weighted by atomic mass is 35.5. The lowest BCUT2D eigenvalue weighted by molar-refractivity contribution is 0.0781. The molecule has 0 aliphatic rings. The summed E-state index contributed by atoms with van der Waals surface area (Å²) in [6.07, 6.45) is 0. The molecule has 0 aliphatic carbocycles. The number of hydrogen-bond donors (Lipinski definition) is 1. The van der Waals surface area contributed by atoms with E-state index in [4.69, 9.17) is 16.3 Å². The number of nitrogens with zero attached hydrogens (tertiary/aromatic N) is 1. The van der Waals surface area contributed by atoms with Crippen molar-refractivity contribution >= 4 is 23.4 Å². The number of hydrogen-bond acceptors (Lipinski definition) is 3. The average molecular weight is 347 g/mol. The highest BCUT2D eigenvalue weighted by Crippen LogP contribution is 2.24. The molecule has 0 aliphatic heterocycles. The molecule has 0 saturated carbocycles. The molecular weight excluding hydrogens is 328 g/mol. The van der Waals surface area contributed by atoms with Crippen LogP contribution in [0.3, 0.4) is 0 Å². The summed E-state index contributed by atoms with van der Waals surface area (Å²) in [6.45, 7) is 0.415. The van der Waals surface area contributed by atoms with Crippen molar-refractivity contribution in [3.63, 3.8) is 0 Å². The maximum absolute atomic E-state index is 12.6. The Morgan fingerprint density at radius 3 is 2.42 bits per heavy atom. The third kappa shape index (κ3) is 4.06. The first kappa shape index (κ1) is 17.8. The number of amides is 2. The van der Waals surface area contributed by atoms with Crippen molar-refractivity contribution in [1.29, 1.82) is 0 Å². The van der Waals surface area contributed by atoms with Crippen LogP contribution in [0.4, 0.5) is 0 Å². The second-order valence-electron chi connectivity index (χ2n) is 5.28. The predicted octanol–water partition coefficient (Wildman–Crippen LogP) is 2.98. The number of ether oxygens (including phenoxy) is 1. The zero-order valence-electron chi connectivity index (χ0n) is 13.8. The Bertz CT molecular complexity index is 744. The van der Waals surface area contributed by atoms with Crippen molar-refractivity contribution in [2.45, 2.75) is 6.54 Å². The first-order valence-corrected chi connectivity index (χ1v) is 7.74. The molecule has 0 unspecified atom stereocenters. The molecule has 0 spiro atoms. The summed E-state index contributed by atoms with van der Waals surface area (Å²) in [7, 11) is 4.80. The van der Waals surface area contributed by atoms with E-state index >= 15 is 0 Å². The first-order valence-electron chi connectivity index (χ1n) is 7.36. The lowest BCUT2D eigenvalue weighted by Gasteiger charge is -2.19. The Morgan fingerprint density at radius 2 is 1.83 bits per heavy atom. The minimum absolute atomic E-state index is 0.142. The van der Waals surface area contributed by atoms with Crippen LogP contribution in [0.1, 0.15) is 26.3 Å². The molecule has 0 atom stereocenters. The minimum atomic E-state index is -0.168. The fraction of sp³-hybridized carbons (Fsp3) is 0.222. The third-order valence-electron chi connectivity index (χ3n) is 3.60. The zero-order chi connectivity index (χ0) is 17.7. The lowest BCUT2D eigenvalue weighted by atomic mass is 10.1. The highest BCUT2D eigenvalue weighted by molar-refractivity contribution is 6.30. The molecule has 0 aromatic heterocycles. The number of halogens is 1. The van der Waals surface area contributed by atoms with Crippen LogP contribution < -0.4 is 10.1 Å². The fourth-order valence-corrected chi connectivity index (χ4v) is 2.46. The Balaban J connectivity index is 2.13. The van der Waals surface area contributed by atoms with Crippen molar-refractivity contribution < 1.29 is 14.3 Å². The Labute approximate surface area is 146 Å². The summed E-state index contributed by atoms with van der Waals surface area (Å²) in [4.78, 5) is 25.7.